The van der Waals surface area contributed by atoms with Crippen molar-refractivity contribution < 1.29 is 18.8 Å². The van der Waals surface area contributed by atoms with E-state index >= 15 is 0 Å². The molecule has 25 heavy (non-hydrogen) atoms. The molecule has 1 aliphatic heterocycles. The number of benzene rings is 1. The van der Waals surface area contributed by atoms with Crippen LogP contribution in [0.2, 0.25) is 0 Å². The summed E-state index contributed by atoms with van der Waals surface area (Å²) in [5.41, 5.74) is 0.889. The van der Waals surface area contributed by atoms with Crippen molar-refractivity contribution in [3.63, 3.8) is 0 Å². The van der Waals surface area contributed by atoms with E-state index in [4.69, 9.17) is 9.26 Å². The zero-order valence-corrected chi connectivity index (χ0v) is 14.7. The summed E-state index contributed by atoms with van der Waals surface area (Å²) < 4.78 is 10.9. The molecule has 1 aromatic heterocycles. The Hall–Kier alpha value is -2.63. The molecule has 3 rings (SSSR count). The van der Waals surface area contributed by atoms with Crippen LogP contribution in [0.5, 0.6) is 5.75 Å². The summed E-state index contributed by atoms with van der Waals surface area (Å²) in [5, 5.41) is 3.89. The molecule has 6 nitrogen and oxygen atoms in total. The van der Waals surface area contributed by atoms with E-state index in [9.17, 15) is 9.59 Å². The quantitative estimate of drug-likeness (QED) is 0.778. The molecule has 2 atom stereocenters. The molecule has 2 heterocycles. The zero-order valence-electron chi connectivity index (χ0n) is 14.7. The lowest BCUT2D eigenvalue weighted by atomic mass is 10.1. The van der Waals surface area contributed by atoms with Crippen LogP contribution in [0.3, 0.4) is 0 Å². The standard InChI is InChI=1S/C19H22N2O4/c1-12-7-8-13(2)21(12)19(23)18-10-17(25-20-18)11-24-16-6-4-5-15(9-16)14(3)22/h4-6,9-10,12-13H,7-8,11H2,1-3H3/t12-,13-/m1/s1. The summed E-state index contributed by atoms with van der Waals surface area (Å²) in [4.78, 5) is 25.9. The van der Waals surface area contributed by atoms with Gasteiger partial charge in [-0.05, 0) is 45.7 Å². The van der Waals surface area contributed by atoms with Crippen LogP contribution < -0.4 is 4.74 Å². The molecule has 0 N–H and O–H groups in total. The lowest BCUT2D eigenvalue weighted by Gasteiger charge is -2.24. The fourth-order valence-electron chi connectivity index (χ4n) is 3.17. The number of aromatic nitrogens is 1. The Bertz CT molecular complexity index is 773. The molecule has 0 saturated carbocycles. The fraction of sp³-hybridized carbons (Fsp3) is 0.421. The number of hydrogen-bond donors (Lipinski definition) is 0. The minimum Gasteiger partial charge on any atom is -0.486 e. The number of rotatable bonds is 5. The fourth-order valence-corrected chi connectivity index (χ4v) is 3.17. The molecule has 132 valence electrons. The van der Waals surface area contributed by atoms with Crippen LogP contribution in [0.4, 0.5) is 0 Å². The van der Waals surface area contributed by atoms with Crippen LogP contribution in [0, 0.1) is 0 Å². The molecule has 1 aromatic carbocycles. The zero-order chi connectivity index (χ0) is 18.0. The lowest BCUT2D eigenvalue weighted by Crippen LogP contribution is -2.38. The van der Waals surface area contributed by atoms with Crippen LogP contribution in [0.25, 0.3) is 0 Å². The van der Waals surface area contributed by atoms with Crippen molar-refractivity contribution in [2.24, 2.45) is 0 Å². The molecule has 0 unspecified atom stereocenters. The van der Waals surface area contributed by atoms with Crippen LogP contribution in [-0.4, -0.2) is 33.8 Å². The Morgan fingerprint density at radius 2 is 1.96 bits per heavy atom. The first-order chi connectivity index (χ1) is 12.0. The third-order valence-electron chi connectivity index (χ3n) is 4.59. The van der Waals surface area contributed by atoms with Crippen LogP contribution in [0.15, 0.2) is 34.9 Å². The first-order valence-corrected chi connectivity index (χ1v) is 8.47. The van der Waals surface area contributed by atoms with Gasteiger partial charge in [0, 0.05) is 23.7 Å². The number of ether oxygens (including phenoxy) is 1. The number of Topliss-reactive ketones (excluding diaryl/α,β-unsaturated/α-hetero) is 1. The van der Waals surface area contributed by atoms with Gasteiger partial charge in [0.25, 0.3) is 5.91 Å². The Balaban J connectivity index is 1.65. The number of carbonyl (C=O) groups is 2. The molecule has 0 aliphatic carbocycles. The predicted octanol–water partition coefficient (Wildman–Crippen LogP) is 3.47. The summed E-state index contributed by atoms with van der Waals surface area (Å²) in [6.07, 6.45) is 2.01. The van der Waals surface area contributed by atoms with E-state index in [0.29, 0.717) is 22.8 Å². The number of carbonyl (C=O) groups excluding carboxylic acids is 2. The summed E-state index contributed by atoms with van der Waals surface area (Å²) in [7, 11) is 0. The number of nitrogens with zero attached hydrogens (tertiary/aromatic N) is 2. The van der Waals surface area contributed by atoms with Crippen molar-refractivity contribution in [2.45, 2.75) is 52.3 Å². The highest BCUT2D eigenvalue weighted by Gasteiger charge is 2.33. The van der Waals surface area contributed by atoms with Crippen LogP contribution >= 0.6 is 0 Å². The predicted molar refractivity (Wildman–Crippen MR) is 91.6 cm³/mol. The maximum atomic E-state index is 12.6. The van der Waals surface area contributed by atoms with Gasteiger partial charge in [-0.1, -0.05) is 17.3 Å². The van der Waals surface area contributed by atoms with E-state index in [2.05, 4.69) is 5.16 Å². The SMILES string of the molecule is CC(=O)c1cccc(OCc2cc(C(=O)N3[C@H](C)CC[C@H]3C)no2)c1. The van der Waals surface area contributed by atoms with Crippen molar-refractivity contribution in [1.29, 1.82) is 0 Å². The van der Waals surface area contributed by atoms with Crippen molar-refractivity contribution >= 4 is 11.7 Å². The van der Waals surface area contributed by atoms with E-state index in [1.807, 2.05) is 18.7 Å². The third-order valence-corrected chi connectivity index (χ3v) is 4.59. The summed E-state index contributed by atoms with van der Waals surface area (Å²) in [6, 6.07) is 8.99. The maximum absolute atomic E-state index is 12.6. The summed E-state index contributed by atoms with van der Waals surface area (Å²) in [5.74, 6) is 0.910. The Labute approximate surface area is 146 Å². The highest BCUT2D eigenvalue weighted by molar-refractivity contribution is 5.94. The molecule has 1 amide bonds. The molecular weight excluding hydrogens is 320 g/mol. The topological polar surface area (TPSA) is 72.6 Å². The monoisotopic (exact) mass is 342 g/mol. The van der Waals surface area contributed by atoms with Crippen LogP contribution in [-0.2, 0) is 6.61 Å². The molecule has 2 aromatic rings. The average Bonchev–Trinajstić information content (AvgIpc) is 3.19. The smallest absolute Gasteiger partial charge is 0.276 e. The Kier molecular flexibility index (Phi) is 4.88. The van der Waals surface area contributed by atoms with Gasteiger partial charge in [0.1, 0.15) is 12.4 Å². The average molecular weight is 342 g/mol. The minimum atomic E-state index is -0.105. The summed E-state index contributed by atoms with van der Waals surface area (Å²) >= 11 is 0. The van der Waals surface area contributed by atoms with Crippen molar-refractivity contribution in [2.75, 3.05) is 0 Å². The van der Waals surface area contributed by atoms with Gasteiger partial charge in [-0.15, -0.1) is 0 Å². The number of ketones is 1. The second kappa shape index (κ2) is 7.09. The molecular formula is C19H22N2O4. The molecule has 0 radical (unpaired) electrons. The van der Waals surface area contributed by atoms with Gasteiger partial charge in [0.15, 0.2) is 17.2 Å². The highest BCUT2D eigenvalue weighted by Crippen LogP contribution is 2.25. The number of amides is 1. The molecule has 0 bridgehead atoms. The Morgan fingerprint density at radius 1 is 1.24 bits per heavy atom. The van der Waals surface area contributed by atoms with Gasteiger partial charge in [0.2, 0.25) is 0 Å². The largest absolute Gasteiger partial charge is 0.486 e. The number of hydrogen-bond acceptors (Lipinski definition) is 5. The van der Waals surface area contributed by atoms with E-state index in [1.54, 1.807) is 30.3 Å². The molecule has 1 fully saturated rings. The normalized spacial score (nSPS) is 19.9. The molecule has 1 saturated heterocycles. The number of likely N-dealkylation sites (tertiary alicyclic amines) is 1. The second-order valence-corrected chi connectivity index (χ2v) is 6.54. The van der Waals surface area contributed by atoms with Gasteiger partial charge in [-0.3, -0.25) is 9.59 Å². The maximum Gasteiger partial charge on any atom is 0.276 e. The minimum absolute atomic E-state index is 0.0214. The van der Waals surface area contributed by atoms with Crippen LogP contribution in [0.1, 0.15) is 60.2 Å². The highest BCUT2D eigenvalue weighted by atomic mass is 16.5. The van der Waals surface area contributed by atoms with Gasteiger partial charge in [0.05, 0.1) is 0 Å². The third kappa shape index (κ3) is 3.73. The van der Waals surface area contributed by atoms with Crippen molar-refractivity contribution in [3.05, 3.63) is 47.3 Å². The van der Waals surface area contributed by atoms with Crippen molar-refractivity contribution in [1.82, 2.24) is 10.1 Å². The Morgan fingerprint density at radius 3 is 2.64 bits per heavy atom. The van der Waals surface area contributed by atoms with Gasteiger partial charge in [-0.25, -0.2) is 0 Å². The van der Waals surface area contributed by atoms with Crippen molar-refractivity contribution in [3.8, 4) is 5.75 Å². The molecule has 1 aliphatic rings. The van der Waals surface area contributed by atoms with E-state index in [1.165, 1.54) is 6.92 Å². The summed E-state index contributed by atoms with van der Waals surface area (Å²) in [6.45, 7) is 5.75. The molecule has 0 spiro atoms. The lowest BCUT2D eigenvalue weighted by molar-refractivity contribution is 0.0681. The molecule has 6 heteroatoms. The van der Waals surface area contributed by atoms with Gasteiger partial charge >= 0.3 is 0 Å². The van der Waals surface area contributed by atoms with E-state index in [-0.39, 0.29) is 30.4 Å². The first-order valence-electron chi connectivity index (χ1n) is 8.47. The van der Waals surface area contributed by atoms with E-state index in [0.717, 1.165) is 12.8 Å². The van der Waals surface area contributed by atoms with E-state index < -0.39 is 0 Å². The first kappa shape index (κ1) is 17.2. The second-order valence-electron chi connectivity index (χ2n) is 6.54. The van der Waals surface area contributed by atoms with Gasteiger partial charge < -0.3 is 14.2 Å². The van der Waals surface area contributed by atoms with Gasteiger partial charge in [-0.2, -0.15) is 0 Å².